The predicted molar refractivity (Wildman–Crippen MR) is 85.4 cm³/mol. The molecule has 0 saturated heterocycles. The van der Waals surface area contributed by atoms with Crippen molar-refractivity contribution in [3.8, 4) is 5.75 Å². The first-order valence-corrected chi connectivity index (χ1v) is 7.23. The van der Waals surface area contributed by atoms with E-state index in [1.54, 1.807) is 34.9 Å². The summed E-state index contributed by atoms with van der Waals surface area (Å²) in [5, 5.41) is 1.39. The molecule has 0 fully saturated rings. The minimum absolute atomic E-state index is 0.0591. The molecule has 3 nitrogen and oxygen atoms in total. The SMILES string of the molecule is O=c1ccc2ccc(Cl)cc2n1Cc1cccc(OC(F)F)c1. The van der Waals surface area contributed by atoms with Gasteiger partial charge in [-0.1, -0.05) is 29.8 Å². The molecular formula is C17H12ClF2NO2. The normalized spacial score (nSPS) is 11.1. The van der Waals surface area contributed by atoms with Crippen LogP contribution in [0.4, 0.5) is 8.78 Å². The standard InChI is InChI=1S/C17H12ClF2NO2/c18-13-6-4-12-5-7-16(22)21(15(12)9-13)10-11-2-1-3-14(8-11)23-17(19)20/h1-9,17H,10H2. The van der Waals surface area contributed by atoms with E-state index < -0.39 is 6.61 Å². The van der Waals surface area contributed by atoms with Gasteiger partial charge in [-0.25, -0.2) is 0 Å². The van der Waals surface area contributed by atoms with Crippen molar-refractivity contribution in [3.63, 3.8) is 0 Å². The highest BCUT2D eigenvalue weighted by molar-refractivity contribution is 6.31. The van der Waals surface area contributed by atoms with Gasteiger partial charge in [0.15, 0.2) is 0 Å². The van der Waals surface area contributed by atoms with Crippen LogP contribution in [-0.2, 0) is 6.54 Å². The van der Waals surface area contributed by atoms with Crippen molar-refractivity contribution < 1.29 is 13.5 Å². The summed E-state index contributed by atoms with van der Waals surface area (Å²) in [7, 11) is 0. The van der Waals surface area contributed by atoms with Crippen LogP contribution >= 0.6 is 11.6 Å². The number of pyridine rings is 1. The van der Waals surface area contributed by atoms with Crippen LogP contribution in [0, 0.1) is 0 Å². The fourth-order valence-corrected chi connectivity index (χ4v) is 2.59. The summed E-state index contributed by atoms with van der Waals surface area (Å²) >= 11 is 6.01. The average Bonchev–Trinajstić information content (AvgIpc) is 2.50. The number of nitrogens with zero attached hydrogens (tertiary/aromatic N) is 1. The number of hydrogen-bond acceptors (Lipinski definition) is 2. The molecule has 0 aliphatic rings. The summed E-state index contributed by atoms with van der Waals surface area (Å²) in [4.78, 5) is 12.2. The smallest absolute Gasteiger partial charge is 0.387 e. The van der Waals surface area contributed by atoms with E-state index in [1.165, 1.54) is 18.2 Å². The first kappa shape index (κ1) is 15.5. The van der Waals surface area contributed by atoms with Crippen LogP contribution in [-0.4, -0.2) is 11.2 Å². The highest BCUT2D eigenvalue weighted by Gasteiger charge is 2.08. The summed E-state index contributed by atoms with van der Waals surface area (Å²) in [5.74, 6) is 0.0591. The van der Waals surface area contributed by atoms with Gasteiger partial charge in [0.1, 0.15) is 5.75 Å². The molecule has 0 amide bonds. The van der Waals surface area contributed by atoms with Crippen molar-refractivity contribution >= 4 is 22.5 Å². The van der Waals surface area contributed by atoms with Crippen LogP contribution in [0.25, 0.3) is 10.9 Å². The highest BCUT2D eigenvalue weighted by atomic mass is 35.5. The van der Waals surface area contributed by atoms with Gasteiger partial charge in [0, 0.05) is 11.1 Å². The summed E-state index contributed by atoms with van der Waals surface area (Å²) in [6.07, 6.45) is 0. The Kier molecular flexibility index (Phi) is 4.30. The van der Waals surface area contributed by atoms with Crippen LogP contribution in [0.1, 0.15) is 5.56 Å². The minimum Gasteiger partial charge on any atom is -0.435 e. The molecule has 0 radical (unpaired) electrons. The zero-order chi connectivity index (χ0) is 16.4. The van der Waals surface area contributed by atoms with Crippen LogP contribution in [0.5, 0.6) is 5.75 Å². The van der Waals surface area contributed by atoms with Gasteiger partial charge in [-0.3, -0.25) is 4.79 Å². The first-order chi connectivity index (χ1) is 11.0. The van der Waals surface area contributed by atoms with Crippen LogP contribution in [0.15, 0.2) is 59.4 Å². The predicted octanol–water partition coefficient (Wildman–Crippen LogP) is 4.30. The first-order valence-electron chi connectivity index (χ1n) is 6.86. The summed E-state index contributed by atoms with van der Waals surface area (Å²) in [6.45, 7) is -2.65. The maximum Gasteiger partial charge on any atom is 0.387 e. The molecule has 0 aliphatic carbocycles. The molecule has 3 aromatic rings. The lowest BCUT2D eigenvalue weighted by molar-refractivity contribution is -0.0498. The number of hydrogen-bond donors (Lipinski definition) is 0. The Hall–Kier alpha value is -2.40. The summed E-state index contributed by atoms with van der Waals surface area (Å²) < 4.78 is 30.5. The Labute approximate surface area is 135 Å². The van der Waals surface area contributed by atoms with Crippen molar-refractivity contribution in [1.82, 2.24) is 4.57 Å². The molecular weight excluding hydrogens is 324 g/mol. The maximum atomic E-state index is 12.3. The molecule has 0 saturated carbocycles. The largest absolute Gasteiger partial charge is 0.435 e. The molecule has 0 bridgehead atoms. The van der Waals surface area contributed by atoms with Gasteiger partial charge in [-0.2, -0.15) is 8.78 Å². The number of rotatable bonds is 4. The van der Waals surface area contributed by atoms with Crippen LogP contribution < -0.4 is 10.3 Å². The van der Waals surface area contributed by atoms with Gasteiger partial charge >= 0.3 is 6.61 Å². The molecule has 0 aliphatic heterocycles. The molecule has 1 heterocycles. The molecule has 118 valence electrons. The monoisotopic (exact) mass is 335 g/mol. The number of fused-ring (bicyclic) bond motifs is 1. The summed E-state index contributed by atoms with van der Waals surface area (Å²) in [6, 6.07) is 14.7. The van der Waals surface area contributed by atoms with Crippen molar-refractivity contribution in [2.24, 2.45) is 0 Å². The zero-order valence-corrected chi connectivity index (χ0v) is 12.6. The van der Waals surface area contributed by atoms with Gasteiger partial charge in [-0.05, 0) is 41.3 Å². The van der Waals surface area contributed by atoms with E-state index >= 15 is 0 Å². The molecule has 23 heavy (non-hydrogen) atoms. The Morgan fingerprint density at radius 2 is 1.87 bits per heavy atom. The number of aromatic nitrogens is 1. The highest BCUT2D eigenvalue weighted by Crippen LogP contribution is 2.20. The van der Waals surface area contributed by atoms with Gasteiger partial charge in [-0.15, -0.1) is 0 Å². The lowest BCUT2D eigenvalue weighted by Crippen LogP contribution is -2.20. The Balaban J connectivity index is 2.03. The van der Waals surface area contributed by atoms with Gasteiger partial charge in [0.05, 0.1) is 12.1 Å². The van der Waals surface area contributed by atoms with E-state index in [0.717, 1.165) is 5.39 Å². The Bertz CT molecular complexity index is 908. The van der Waals surface area contributed by atoms with E-state index in [2.05, 4.69) is 4.74 Å². The summed E-state index contributed by atoms with van der Waals surface area (Å²) in [5.41, 5.74) is 1.17. The second kappa shape index (κ2) is 6.38. The molecule has 6 heteroatoms. The average molecular weight is 336 g/mol. The van der Waals surface area contributed by atoms with Crippen molar-refractivity contribution in [2.75, 3.05) is 0 Å². The lowest BCUT2D eigenvalue weighted by Gasteiger charge is -2.12. The van der Waals surface area contributed by atoms with Crippen LogP contribution in [0.3, 0.4) is 0 Å². The van der Waals surface area contributed by atoms with E-state index in [1.807, 2.05) is 6.07 Å². The third-order valence-corrected chi connectivity index (χ3v) is 3.65. The Morgan fingerprint density at radius 3 is 2.65 bits per heavy atom. The molecule has 0 unspecified atom stereocenters. The van der Waals surface area contributed by atoms with Crippen molar-refractivity contribution in [1.29, 1.82) is 0 Å². The van der Waals surface area contributed by atoms with Gasteiger partial charge in [0.25, 0.3) is 5.56 Å². The topological polar surface area (TPSA) is 31.2 Å². The van der Waals surface area contributed by atoms with Crippen molar-refractivity contribution in [3.05, 3.63) is 75.5 Å². The molecule has 2 aromatic carbocycles. The number of ether oxygens (including phenoxy) is 1. The number of halogens is 3. The molecule has 0 N–H and O–H groups in total. The second-order valence-corrected chi connectivity index (χ2v) is 5.42. The molecule has 1 aromatic heterocycles. The number of alkyl halides is 2. The second-order valence-electron chi connectivity index (χ2n) is 4.99. The molecule has 0 atom stereocenters. The molecule has 3 rings (SSSR count). The molecule has 0 spiro atoms. The van der Waals surface area contributed by atoms with Crippen molar-refractivity contribution in [2.45, 2.75) is 13.2 Å². The quantitative estimate of drug-likeness (QED) is 0.711. The lowest BCUT2D eigenvalue weighted by atomic mass is 10.1. The zero-order valence-electron chi connectivity index (χ0n) is 11.9. The van der Waals surface area contributed by atoms with Gasteiger partial charge in [0.2, 0.25) is 0 Å². The van der Waals surface area contributed by atoms with E-state index in [4.69, 9.17) is 11.6 Å². The number of benzene rings is 2. The maximum absolute atomic E-state index is 12.3. The van der Waals surface area contributed by atoms with Gasteiger partial charge < -0.3 is 9.30 Å². The third kappa shape index (κ3) is 3.51. The van der Waals surface area contributed by atoms with E-state index in [0.29, 0.717) is 16.1 Å². The fraction of sp³-hybridized carbons (Fsp3) is 0.118. The Morgan fingerprint density at radius 1 is 1.09 bits per heavy atom. The van der Waals surface area contributed by atoms with Crippen LogP contribution in [0.2, 0.25) is 5.02 Å². The minimum atomic E-state index is -2.88. The fourth-order valence-electron chi connectivity index (χ4n) is 2.43. The third-order valence-electron chi connectivity index (χ3n) is 3.42. The van der Waals surface area contributed by atoms with E-state index in [-0.39, 0.29) is 17.9 Å². The van der Waals surface area contributed by atoms with E-state index in [9.17, 15) is 13.6 Å².